The van der Waals surface area contributed by atoms with Crippen LogP contribution in [0.4, 0.5) is 11.9 Å². The van der Waals surface area contributed by atoms with Crippen LogP contribution in [-0.2, 0) is 4.79 Å². The second-order valence-corrected chi connectivity index (χ2v) is 4.67. The topological polar surface area (TPSA) is 106 Å². The van der Waals surface area contributed by atoms with Crippen molar-refractivity contribution in [2.45, 2.75) is 20.8 Å². The lowest BCUT2D eigenvalue weighted by molar-refractivity contribution is -0.116. The third kappa shape index (κ3) is 4.87. The molecule has 0 atom stereocenters. The Hall–Kier alpha value is -2.12. The van der Waals surface area contributed by atoms with Gasteiger partial charge < -0.3 is 20.7 Å². The molecule has 0 spiro atoms. The van der Waals surface area contributed by atoms with Crippen LogP contribution in [0.2, 0.25) is 0 Å². The van der Waals surface area contributed by atoms with E-state index in [-0.39, 0.29) is 12.6 Å². The number of rotatable bonds is 8. The van der Waals surface area contributed by atoms with Crippen LogP contribution in [-0.4, -0.2) is 47.6 Å². The van der Waals surface area contributed by atoms with Crippen LogP contribution in [0.15, 0.2) is 0 Å². The predicted molar refractivity (Wildman–Crippen MR) is 76.8 cm³/mol. The molecule has 0 aliphatic rings. The summed E-state index contributed by atoms with van der Waals surface area (Å²) in [5, 5.41) is 2.84. The van der Waals surface area contributed by atoms with Gasteiger partial charge in [-0.3, -0.25) is 4.79 Å². The Balaban J connectivity index is 3.09. The van der Waals surface area contributed by atoms with E-state index in [1.165, 1.54) is 0 Å². The Morgan fingerprint density at radius 2 is 2.10 bits per heavy atom. The highest BCUT2D eigenvalue weighted by Gasteiger charge is 2.17. The Bertz CT molecular complexity index is 452. The molecule has 1 aromatic rings. The fourth-order valence-electron chi connectivity index (χ4n) is 1.64. The van der Waals surface area contributed by atoms with Crippen molar-refractivity contribution in [3.63, 3.8) is 0 Å². The molecule has 0 fully saturated rings. The summed E-state index contributed by atoms with van der Waals surface area (Å²) >= 11 is 0. The molecule has 1 aromatic heterocycles. The first-order chi connectivity index (χ1) is 9.46. The molecule has 0 unspecified atom stereocenters. The summed E-state index contributed by atoms with van der Waals surface area (Å²) in [6.45, 7) is 7.04. The predicted octanol–water partition coefficient (Wildman–Crippen LogP) is 0.260. The third-order valence-corrected chi connectivity index (χ3v) is 2.32. The number of nitrogens with zero attached hydrogens (tertiary/aromatic N) is 4. The maximum absolute atomic E-state index is 11.2. The largest absolute Gasteiger partial charge is 0.464 e. The molecule has 1 rings (SSSR count). The first-order valence-corrected chi connectivity index (χ1v) is 6.56. The molecule has 0 saturated carbocycles. The number of hydrogen-bond acceptors (Lipinski definition) is 7. The van der Waals surface area contributed by atoms with Crippen LogP contribution in [0.5, 0.6) is 6.01 Å². The van der Waals surface area contributed by atoms with Gasteiger partial charge in [0, 0.05) is 13.6 Å². The molecule has 1 amide bonds. The summed E-state index contributed by atoms with van der Waals surface area (Å²) in [6, 6.07) is 0.222. The summed E-state index contributed by atoms with van der Waals surface area (Å²) in [5.74, 6) is 0.659. The normalized spacial score (nSPS) is 10.4. The van der Waals surface area contributed by atoms with Crippen molar-refractivity contribution in [3.8, 4) is 6.01 Å². The zero-order valence-electron chi connectivity index (χ0n) is 12.4. The Morgan fingerprint density at radius 1 is 1.40 bits per heavy atom. The molecule has 8 heteroatoms. The maximum Gasteiger partial charge on any atom is 0.323 e. The summed E-state index contributed by atoms with van der Waals surface area (Å²) in [7, 11) is 1.70. The number of hydrogen-bond donors (Lipinski definition) is 2. The summed E-state index contributed by atoms with van der Waals surface area (Å²) < 4.78 is 5.30. The van der Waals surface area contributed by atoms with Crippen LogP contribution < -0.4 is 20.7 Å². The van der Waals surface area contributed by atoms with Crippen molar-refractivity contribution >= 4 is 17.8 Å². The van der Waals surface area contributed by atoms with Crippen molar-refractivity contribution in [2.75, 3.05) is 37.0 Å². The van der Waals surface area contributed by atoms with Crippen molar-refractivity contribution in [3.05, 3.63) is 0 Å². The molecule has 20 heavy (non-hydrogen) atoms. The van der Waals surface area contributed by atoms with E-state index >= 15 is 0 Å². The van der Waals surface area contributed by atoms with Crippen LogP contribution >= 0.6 is 0 Å². The molecule has 0 aliphatic carbocycles. The van der Waals surface area contributed by atoms with Crippen molar-refractivity contribution in [1.29, 1.82) is 0 Å². The molecule has 112 valence electrons. The lowest BCUT2D eigenvalue weighted by Gasteiger charge is -2.23. The molecule has 0 radical (unpaired) electrons. The maximum atomic E-state index is 11.2. The minimum absolute atomic E-state index is 0.0525. The number of nitrogens with one attached hydrogen (secondary N) is 1. The van der Waals surface area contributed by atoms with E-state index in [2.05, 4.69) is 20.3 Å². The molecule has 0 aliphatic heterocycles. The highest BCUT2D eigenvalue weighted by molar-refractivity contribution is 5.78. The standard InChI is InChI=1S/C12H22N6O2/c1-5-20-12-16-10(14-4)15-11(17-12)18(6-8(2)3)7-9(13)19/h8H,5-7H2,1-4H3,(H2,13,19)(H,14,15,16,17). The van der Waals surface area contributed by atoms with E-state index in [4.69, 9.17) is 10.5 Å². The van der Waals surface area contributed by atoms with Gasteiger partial charge in [0.25, 0.3) is 0 Å². The second-order valence-electron chi connectivity index (χ2n) is 4.67. The van der Waals surface area contributed by atoms with Crippen molar-refractivity contribution in [1.82, 2.24) is 15.0 Å². The van der Waals surface area contributed by atoms with Gasteiger partial charge in [0.1, 0.15) is 0 Å². The fraction of sp³-hybridized carbons (Fsp3) is 0.667. The van der Waals surface area contributed by atoms with Crippen LogP contribution in [0.3, 0.4) is 0 Å². The molecule has 0 aromatic carbocycles. The Morgan fingerprint density at radius 3 is 2.60 bits per heavy atom. The van der Waals surface area contributed by atoms with E-state index in [9.17, 15) is 4.79 Å². The quantitative estimate of drug-likeness (QED) is 0.704. The van der Waals surface area contributed by atoms with Gasteiger partial charge in [-0.25, -0.2) is 0 Å². The van der Waals surface area contributed by atoms with Crippen LogP contribution in [0.1, 0.15) is 20.8 Å². The lowest BCUT2D eigenvalue weighted by atomic mass is 10.2. The van der Waals surface area contributed by atoms with E-state index in [0.29, 0.717) is 31.0 Å². The average molecular weight is 282 g/mol. The minimum atomic E-state index is -0.435. The van der Waals surface area contributed by atoms with Gasteiger partial charge in [-0.2, -0.15) is 15.0 Å². The Kier molecular flexibility index (Phi) is 5.95. The molecule has 0 saturated heterocycles. The highest BCUT2D eigenvalue weighted by atomic mass is 16.5. The highest BCUT2D eigenvalue weighted by Crippen LogP contribution is 2.16. The number of primary amides is 1. The molecule has 8 nitrogen and oxygen atoms in total. The SMILES string of the molecule is CCOc1nc(NC)nc(N(CC(N)=O)CC(C)C)n1. The lowest BCUT2D eigenvalue weighted by Crippen LogP contribution is -2.37. The average Bonchev–Trinajstić information content (AvgIpc) is 2.37. The number of aromatic nitrogens is 3. The second kappa shape index (κ2) is 7.46. The third-order valence-electron chi connectivity index (χ3n) is 2.32. The Labute approximate surface area is 118 Å². The molecular weight excluding hydrogens is 260 g/mol. The number of ether oxygens (including phenoxy) is 1. The van der Waals surface area contributed by atoms with Gasteiger partial charge in [0.15, 0.2) is 0 Å². The number of anilines is 2. The molecule has 1 heterocycles. The summed E-state index contributed by atoms with van der Waals surface area (Å²) in [6.07, 6.45) is 0. The van der Waals surface area contributed by atoms with Crippen LogP contribution in [0.25, 0.3) is 0 Å². The smallest absolute Gasteiger partial charge is 0.323 e. The molecule has 3 N–H and O–H groups in total. The minimum Gasteiger partial charge on any atom is -0.464 e. The van der Waals surface area contributed by atoms with E-state index in [1.807, 2.05) is 20.8 Å². The first-order valence-electron chi connectivity index (χ1n) is 6.56. The molecule has 0 bridgehead atoms. The number of carbonyl (C=O) groups is 1. The first kappa shape index (κ1) is 15.9. The van der Waals surface area contributed by atoms with Gasteiger partial charge in [0.05, 0.1) is 13.2 Å². The van der Waals surface area contributed by atoms with Gasteiger partial charge >= 0.3 is 6.01 Å². The zero-order chi connectivity index (χ0) is 15.1. The van der Waals surface area contributed by atoms with E-state index in [1.54, 1.807) is 11.9 Å². The monoisotopic (exact) mass is 282 g/mol. The van der Waals surface area contributed by atoms with Crippen LogP contribution in [0, 0.1) is 5.92 Å². The van der Waals surface area contributed by atoms with Gasteiger partial charge in [-0.15, -0.1) is 0 Å². The van der Waals surface area contributed by atoms with E-state index in [0.717, 1.165) is 0 Å². The summed E-state index contributed by atoms with van der Waals surface area (Å²) in [4.78, 5) is 25.5. The van der Waals surface area contributed by atoms with Gasteiger partial charge in [-0.1, -0.05) is 13.8 Å². The molecular formula is C12H22N6O2. The van der Waals surface area contributed by atoms with Gasteiger partial charge in [0.2, 0.25) is 17.8 Å². The van der Waals surface area contributed by atoms with E-state index < -0.39 is 5.91 Å². The number of amides is 1. The van der Waals surface area contributed by atoms with Crippen molar-refractivity contribution < 1.29 is 9.53 Å². The van der Waals surface area contributed by atoms with Crippen molar-refractivity contribution in [2.24, 2.45) is 11.7 Å². The zero-order valence-corrected chi connectivity index (χ0v) is 12.4. The van der Waals surface area contributed by atoms with Gasteiger partial charge in [-0.05, 0) is 12.8 Å². The number of carbonyl (C=O) groups excluding carboxylic acids is 1. The summed E-state index contributed by atoms with van der Waals surface area (Å²) in [5.41, 5.74) is 5.28. The number of nitrogens with two attached hydrogens (primary N) is 1. The fourth-order valence-corrected chi connectivity index (χ4v) is 1.64.